The molecule has 2 rings (SSSR count). The Balaban J connectivity index is 2.23. The molecule has 0 fully saturated rings. The minimum atomic E-state index is -1.07. The average Bonchev–Trinajstić information content (AvgIpc) is 2.83. The van der Waals surface area contributed by atoms with Crippen molar-refractivity contribution >= 4 is 43.5 Å². The van der Waals surface area contributed by atoms with Gasteiger partial charge < -0.3 is 14.8 Å². The number of hydrogen-bond acceptors (Lipinski definition) is 3. The Hall–Kier alpha value is -1.27. The minimum absolute atomic E-state index is 0.0595. The lowest BCUT2D eigenvalue weighted by Crippen LogP contribution is -2.07. The maximum absolute atomic E-state index is 10.8. The van der Waals surface area contributed by atoms with E-state index in [1.54, 1.807) is 6.07 Å². The summed E-state index contributed by atoms with van der Waals surface area (Å²) in [6.45, 7) is 3.91. The van der Waals surface area contributed by atoms with Crippen molar-refractivity contribution in [3.63, 3.8) is 0 Å². The molecule has 1 aromatic carbocycles. The van der Waals surface area contributed by atoms with Crippen LogP contribution in [0.2, 0.25) is 0 Å². The Kier molecular flexibility index (Phi) is 4.55. The third kappa shape index (κ3) is 3.24. The predicted octanol–water partition coefficient (Wildman–Crippen LogP) is 4.98. The molecule has 1 atom stereocenters. The van der Waals surface area contributed by atoms with E-state index < -0.39 is 5.97 Å². The topological polar surface area (TPSA) is 62.5 Å². The van der Waals surface area contributed by atoms with Gasteiger partial charge in [-0.05, 0) is 75.5 Å². The molecular formula is C14H13Br2NO3. The maximum atomic E-state index is 10.8. The first-order valence-corrected chi connectivity index (χ1v) is 7.52. The molecule has 6 heteroatoms. The van der Waals surface area contributed by atoms with Crippen molar-refractivity contribution in [2.24, 2.45) is 0 Å². The molecule has 1 aromatic heterocycles. The fourth-order valence-corrected chi connectivity index (χ4v) is 3.47. The van der Waals surface area contributed by atoms with Crippen LogP contribution in [-0.2, 0) is 0 Å². The number of rotatable bonds is 4. The summed E-state index contributed by atoms with van der Waals surface area (Å²) in [7, 11) is 0. The number of carbonyl (C=O) groups is 1. The number of carboxylic acid groups (broad SMARTS) is 1. The molecule has 106 valence electrons. The van der Waals surface area contributed by atoms with Crippen LogP contribution >= 0.6 is 31.9 Å². The number of halogens is 2. The lowest BCUT2D eigenvalue weighted by molar-refractivity contribution is 0.0660. The van der Waals surface area contributed by atoms with Gasteiger partial charge in [0.1, 0.15) is 5.76 Å². The van der Waals surface area contributed by atoms with E-state index >= 15 is 0 Å². The molecule has 0 amide bonds. The van der Waals surface area contributed by atoms with Gasteiger partial charge in [-0.2, -0.15) is 0 Å². The summed E-state index contributed by atoms with van der Waals surface area (Å²) in [6, 6.07) is 6.97. The number of aryl methyl sites for hydroxylation is 1. The standard InChI is InChI=1S/C14H13Br2NO3/c1-7-5-9(15)13(10(16)6-7)17-8(2)11-3-4-12(20-11)14(18)19/h3-6,8,17H,1-2H3,(H,18,19). The van der Waals surface area contributed by atoms with Crippen LogP contribution in [0, 0.1) is 6.92 Å². The molecule has 1 heterocycles. The first-order valence-electron chi connectivity index (χ1n) is 5.93. The van der Waals surface area contributed by atoms with E-state index in [2.05, 4.69) is 37.2 Å². The van der Waals surface area contributed by atoms with E-state index in [0.29, 0.717) is 5.76 Å². The number of aromatic carboxylic acids is 1. The molecule has 2 aromatic rings. The van der Waals surface area contributed by atoms with Crippen LogP contribution in [0.3, 0.4) is 0 Å². The number of anilines is 1. The van der Waals surface area contributed by atoms with Crippen LogP contribution in [0.25, 0.3) is 0 Å². The second-order valence-corrected chi connectivity index (χ2v) is 6.19. The Morgan fingerprint density at radius 2 is 1.90 bits per heavy atom. The van der Waals surface area contributed by atoms with Crippen LogP contribution in [0.1, 0.15) is 34.8 Å². The van der Waals surface area contributed by atoms with Gasteiger partial charge in [0.15, 0.2) is 0 Å². The summed E-state index contributed by atoms with van der Waals surface area (Å²) in [6.07, 6.45) is 0. The highest BCUT2D eigenvalue weighted by atomic mass is 79.9. The molecule has 0 spiro atoms. The lowest BCUT2D eigenvalue weighted by Gasteiger charge is -2.16. The zero-order valence-corrected chi connectivity index (χ0v) is 14.1. The molecule has 0 bridgehead atoms. The number of carboxylic acids is 1. The van der Waals surface area contributed by atoms with Gasteiger partial charge in [0.2, 0.25) is 5.76 Å². The van der Waals surface area contributed by atoms with Gasteiger partial charge >= 0.3 is 5.97 Å². The fourth-order valence-electron chi connectivity index (χ4n) is 1.83. The van der Waals surface area contributed by atoms with Crippen molar-refractivity contribution < 1.29 is 14.3 Å². The van der Waals surface area contributed by atoms with E-state index in [-0.39, 0.29) is 11.8 Å². The summed E-state index contributed by atoms with van der Waals surface area (Å²) in [5.74, 6) is -0.557. The molecule has 0 aliphatic heterocycles. The van der Waals surface area contributed by atoms with Crippen LogP contribution in [0.5, 0.6) is 0 Å². The Morgan fingerprint density at radius 1 is 1.30 bits per heavy atom. The Labute approximate surface area is 133 Å². The molecule has 2 N–H and O–H groups in total. The lowest BCUT2D eigenvalue weighted by atomic mass is 10.2. The second kappa shape index (κ2) is 6.01. The quantitative estimate of drug-likeness (QED) is 0.756. The van der Waals surface area contributed by atoms with E-state index in [1.807, 2.05) is 26.0 Å². The van der Waals surface area contributed by atoms with Gasteiger partial charge in [-0.1, -0.05) is 0 Å². The summed E-state index contributed by atoms with van der Waals surface area (Å²) < 4.78 is 7.15. The molecule has 0 saturated heterocycles. The predicted molar refractivity (Wildman–Crippen MR) is 84.3 cm³/mol. The number of benzene rings is 1. The third-order valence-electron chi connectivity index (χ3n) is 2.81. The third-order valence-corrected chi connectivity index (χ3v) is 4.06. The maximum Gasteiger partial charge on any atom is 0.371 e. The monoisotopic (exact) mass is 401 g/mol. The summed E-state index contributed by atoms with van der Waals surface area (Å²) in [5, 5.41) is 12.2. The molecule has 0 saturated carbocycles. The first-order chi connectivity index (χ1) is 9.38. The molecular weight excluding hydrogens is 390 g/mol. The van der Waals surface area contributed by atoms with Crippen LogP contribution in [0.15, 0.2) is 37.6 Å². The number of hydrogen-bond donors (Lipinski definition) is 2. The van der Waals surface area contributed by atoms with Crippen LogP contribution < -0.4 is 5.32 Å². The number of furan rings is 1. The van der Waals surface area contributed by atoms with Crippen LogP contribution in [-0.4, -0.2) is 11.1 Å². The van der Waals surface area contributed by atoms with E-state index in [1.165, 1.54) is 6.07 Å². The largest absolute Gasteiger partial charge is 0.475 e. The summed E-state index contributed by atoms with van der Waals surface area (Å²) >= 11 is 7.02. The zero-order chi connectivity index (χ0) is 14.9. The smallest absolute Gasteiger partial charge is 0.371 e. The number of nitrogens with one attached hydrogen (secondary N) is 1. The molecule has 0 aliphatic rings. The summed E-state index contributed by atoms with van der Waals surface area (Å²) in [4.78, 5) is 10.8. The van der Waals surface area contributed by atoms with Gasteiger partial charge in [0.25, 0.3) is 0 Å². The van der Waals surface area contributed by atoms with Crippen molar-refractivity contribution in [1.29, 1.82) is 0 Å². The van der Waals surface area contributed by atoms with Crippen LogP contribution in [0.4, 0.5) is 5.69 Å². The zero-order valence-electron chi connectivity index (χ0n) is 10.9. The Morgan fingerprint density at radius 3 is 2.40 bits per heavy atom. The van der Waals surface area contributed by atoms with Gasteiger partial charge in [-0.15, -0.1) is 0 Å². The van der Waals surface area contributed by atoms with Crippen molar-refractivity contribution in [2.45, 2.75) is 19.9 Å². The molecule has 0 radical (unpaired) electrons. The van der Waals surface area contributed by atoms with Gasteiger partial charge in [-0.3, -0.25) is 0 Å². The molecule has 1 unspecified atom stereocenters. The molecule has 0 aliphatic carbocycles. The van der Waals surface area contributed by atoms with E-state index in [0.717, 1.165) is 20.2 Å². The van der Waals surface area contributed by atoms with E-state index in [4.69, 9.17) is 9.52 Å². The van der Waals surface area contributed by atoms with Crippen molar-refractivity contribution in [3.05, 3.63) is 50.3 Å². The van der Waals surface area contributed by atoms with Gasteiger partial charge in [0.05, 0.1) is 11.7 Å². The fraction of sp³-hybridized carbons (Fsp3) is 0.214. The summed E-state index contributed by atoms with van der Waals surface area (Å²) in [5.41, 5.74) is 2.03. The Bertz CT molecular complexity index is 629. The first kappa shape index (κ1) is 15.1. The minimum Gasteiger partial charge on any atom is -0.475 e. The highest BCUT2D eigenvalue weighted by molar-refractivity contribution is 9.11. The second-order valence-electron chi connectivity index (χ2n) is 4.48. The highest BCUT2D eigenvalue weighted by Gasteiger charge is 2.16. The SMILES string of the molecule is Cc1cc(Br)c(NC(C)c2ccc(C(=O)O)o2)c(Br)c1. The normalized spacial score (nSPS) is 12.2. The van der Waals surface area contributed by atoms with Crippen molar-refractivity contribution in [1.82, 2.24) is 0 Å². The van der Waals surface area contributed by atoms with Crippen molar-refractivity contribution in [2.75, 3.05) is 5.32 Å². The average molecular weight is 403 g/mol. The van der Waals surface area contributed by atoms with E-state index in [9.17, 15) is 4.79 Å². The van der Waals surface area contributed by atoms with Gasteiger partial charge in [-0.25, -0.2) is 4.79 Å². The molecule has 4 nitrogen and oxygen atoms in total. The molecule has 20 heavy (non-hydrogen) atoms. The van der Waals surface area contributed by atoms with Crippen molar-refractivity contribution in [3.8, 4) is 0 Å². The van der Waals surface area contributed by atoms with Gasteiger partial charge in [0, 0.05) is 8.95 Å². The highest BCUT2D eigenvalue weighted by Crippen LogP contribution is 2.35.